The van der Waals surface area contributed by atoms with Crippen molar-refractivity contribution >= 4 is 44.4 Å². The zero-order valence-corrected chi connectivity index (χ0v) is 20.8. The van der Waals surface area contributed by atoms with E-state index in [0.29, 0.717) is 25.3 Å². The number of fused-ring (bicyclic) bond motifs is 1. The molecule has 0 N–H and O–H groups in total. The number of amides is 1. The molecule has 0 atom stereocenters. The summed E-state index contributed by atoms with van der Waals surface area (Å²) >= 11 is 3.22. The van der Waals surface area contributed by atoms with Gasteiger partial charge in [0.15, 0.2) is 5.13 Å². The maximum Gasteiger partial charge on any atom is 0.229 e. The smallest absolute Gasteiger partial charge is 0.229 e. The third-order valence-electron chi connectivity index (χ3n) is 4.83. The number of thiazole rings is 1. The minimum atomic E-state index is 0.0989. The number of carbonyl (C=O) groups excluding carboxylic acids is 1. The van der Waals surface area contributed by atoms with E-state index in [2.05, 4.69) is 4.90 Å². The second-order valence-electron chi connectivity index (χ2n) is 7.51. The maximum atomic E-state index is 13.2. The molecule has 172 valence electrons. The Hall–Kier alpha value is -2.29. The van der Waals surface area contributed by atoms with Crippen LogP contribution in [0.1, 0.15) is 19.8 Å². The monoisotopic (exact) mass is 473 g/mol. The molecule has 0 aliphatic heterocycles. The van der Waals surface area contributed by atoms with Crippen LogP contribution < -0.4 is 14.4 Å². The molecule has 0 spiro atoms. The Morgan fingerprint density at radius 1 is 1.12 bits per heavy atom. The average Bonchev–Trinajstić information content (AvgIpc) is 3.22. The van der Waals surface area contributed by atoms with Gasteiger partial charge in [-0.05, 0) is 70.4 Å². The summed E-state index contributed by atoms with van der Waals surface area (Å²) in [6.45, 7) is 4.11. The number of carbonyl (C=O) groups is 1. The molecule has 32 heavy (non-hydrogen) atoms. The number of benzene rings is 2. The number of rotatable bonds is 12. The van der Waals surface area contributed by atoms with Crippen LogP contribution in [0.2, 0.25) is 0 Å². The van der Waals surface area contributed by atoms with Crippen LogP contribution in [0.25, 0.3) is 10.2 Å². The molecule has 1 aromatic heterocycles. The van der Waals surface area contributed by atoms with E-state index >= 15 is 0 Å². The fourth-order valence-corrected chi connectivity index (χ4v) is 5.10. The Kier molecular flexibility index (Phi) is 9.20. The fourth-order valence-electron chi connectivity index (χ4n) is 3.23. The highest BCUT2D eigenvalue weighted by Crippen LogP contribution is 2.34. The van der Waals surface area contributed by atoms with Crippen molar-refractivity contribution in [3.8, 4) is 11.5 Å². The van der Waals surface area contributed by atoms with E-state index in [1.807, 2.05) is 68.4 Å². The van der Waals surface area contributed by atoms with Gasteiger partial charge in [0.1, 0.15) is 17.0 Å². The third-order valence-corrected chi connectivity index (χ3v) is 6.89. The highest BCUT2D eigenvalue weighted by Gasteiger charge is 2.20. The summed E-state index contributed by atoms with van der Waals surface area (Å²) in [6.07, 6.45) is 1.34. The SMILES string of the molecule is CCOc1cccc2sc(N(CCCN(C)C)C(=O)CCSc3ccc(OC)cc3)nc12. The lowest BCUT2D eigenvalue weighted by molar-refractivity contribution is -0.118. The molecule has 8 heteroatoms. The second-order valence-corrected chi connectivity index (χ2v) is 9.69. The van der Waals surface area contributed by atoms with Crippen LogP contribution in [-0.2, 0) is 4.79 Å². The number of hydrogen-bond acceptors (Lipinski definition) is 7. The van der Waals surface area contributed by atoms with Gasteiger partial charge in [0, 0.05) is 23.6 Å². The van der Waals surface area contributed by atoms with E-state index in [4.69, 9.17) is 14.5 Å². The van der Waals surface area contributed by atoms with Crippen LogP contribution >= 0.6 is 23.1 Å². The number of aromatic nitrogens is 1. The Morgan fingerprint density at radius 2 is 1.91 bits per heavy atom. The number of nitrogens with zero attached hydrogens (tertiary/aromatic N) is 3. The highest BCUT2D eigenvalue weighted by atomic mass is 32.2. The molecule has 0 bridgehead atoms. The Balaban J connectivity index is 1.71. The number of thioether (sulfide) groups is 1. The molecule has 0 aliphatic carbocycles. The van der Waals surface area contributed by atoms with Gasteiger partial charge in [-0.2, -0.15) is 0 Å². The largest absolute Gasteiger partial charge is 0.497 e. The van der Waals surface area contributed by atoms with Gasteiger partial charge in [-0.1, -0.05) is 17.4 Å². The second kappa shape index (κ2) is 12.1. The predicted octanol–water partition coefficient (Wildman–Crippen LogP) is 5.17. The number of methoxy groups -OCH3 is 1. The molecule has 1 amide bonds. The van der Waals surface area contributed by atoms with E-state index in [1.165, 1.54) is 0 Å². The molecule has 0 saturated heterocycles. The Labute approximate surface area is 198 Å². The first kappa shape index (κ1) is 24.4. The van der Waals surface area contributed by atoms with Crippen LogP contribution in [0.3, 0.4) is 0 Å². The van der Waals surface area contributed by atoms with Crippen molar-refractivity contribution in [2.75, 3.05) is 51.6 Å². The molecule has 0 aliphatic rings. The van der Waals surface area contributed by atoms with E-state index in [9.17, 15) is 4.79 Å². The van der Waals surface area contributed by atoms with Crippen molar-refractivity contribution in [3.05, 3.63) is 42.5 Å². The van der Waals surface area contributed by atoms with Crippen LogP contribution in [0, 0.1) is 0 Å². The number of anilines is 1. The molecule has 0 radical (unpaired) electrons. The third kappa shape index (κ3) is 6.60. The Bertz CT molecular complexity index is 1010. The van der Waals surface area contributed by atoms with Gasteiger partial charge in [-0.15, -0.1) is 11.8 Å². The lowest BCUT2D eigenvalue weighted by atomic mass is 10.3. The topological polar surface area (TPSA) is 54.9 Å². The van der Waals surface area contributed by atoms with Gasteiger partial charge in [0.25, 0.3) is 0 Å². The summed E-state index contributed by atoms with van der Waals surface area (Å²) in [5.41, 5.74) is 0.826. The molecule has 3 rings (SSSR count). The molecule has 0 unspecified atom stereocenters. The number of hydrogen-bond donors (Lipinski definition) is 0. The van der Waals surface area contributed by atoms with Crippen LogP contribution in [0.5, 0.6) is 11.5 Å². The molecule has 3 aromatic rings. The van der Waals surface area contributed by atoms with E-state index < -0.39 is 0 Å². The first-order chi connectivity index (χ1) is 15.5. The van der Waals surface area contributed by atoms with E-state index in [1.54, 1.807) is 30.2 Å². The normalized spacial score (nSPS) is 11.2. The summed E-state index contributed by atoms with van der Waals surface area (Å²) < 4.78 is 12.0. The zero-order valence-electron chi connectivity index (χ0n) is 19.2. The standard InChI is InChI=1S/C24H31N3O3S2/c1-5-30-20-8-6-9-21-23(20)25-24(32-21)27(16-7-15-26(2)3)22(28)14-17-31-19-12-10-18(29-4)11-13-19/h6,8-13H,5,7,14-17H2,1-4H3. The fraction of sp³-hybridized carbons (Fsp3) is 0.417. The van der Waals surface area contributed by atoms with Crippen molar-refractivity contribution in [1.29, 1.82) is 0 Å². The molecule has 0 fully saturated rings. The average molecular weight is 474 g/mol. The van der Waals surface area contributed by atoms with Crippen LogP contribution in [0.15, 0.2) is 47.4 Å². The van der Waals surface area contributed by atoms with Gasteiger partial charge in [0.05, 0.1) is 18.4 Å². The highest BCUT2D eigenvalue weighted by molar-refractivity contribution is 7.99. The molecule has 6 nitrogen and oxygen atoms in total. The molecular weight excluding hydrogens is 442 g/mol. The Morgan fingerprint density at radius 3 is 2.59 bits per heavy atom. The van der Waals surface area contributed by atoms with Gasteiger partial charge in [-0.3, -0.25) is 9.69 Å². The van der Waals surface area contributed by atoms with Crippen molar-refractivity contribution in [2.45, 2.75) is 24.7 Å². The van der Waals surface area contributed by atoms with E-state index in [-0.39, 0.29) is 5.91 Å². The lowest BCUT2D eigenvalue weighted by Gasteiger charge is -2.21. The van der Waals surface area contributed by atoms with Crippen molar-refractivity contribution < 1.29 is 14.3 Å². The number of para-hydroxylation sites is 1. The minimum Gasteiger partial charge on any atom is -0.497 e. The summed E-state index contributed by atoms with van der Waals surface area (Å²) in [6, 6.07) is 13.8. The first-order valence-corrected chi connectivity index (χ1v) is 12.6. The van der Waals surface area contributed by atoms with Gasteiger partial charge in [0.2, 0.25) is 5.91 Å². The van der Waals surface area contributed by atoms with Crippen LogP contribution in [0.4, 0.5) is 5.13 Å². The summed E-state index contributed by atoms with van der Waals surface area (Å²) in [4.78, 5) is 23.1. The zero-order chi connectivity index (χ0) is 22.9. The van der Waals surface area contributed by atoms with Gasteiger partial charge in [-0.25, -0.2) is 4.98 Å². The van der Waals surface area contributed by atoms with Gasteiger partial charge < -0.3 is 14.4 Å². The number of ether oxygens (including phenoxy) is 2. The molecule has 1 heterocycles. The van der Waals surface area contributed by atoms with Crippen LogP contribution in [-0.4, -0.2) is 62.4 Å². The molecule has 0 saturated carbocycles. The van der Waals surface area contributed by atoms with Crippen molar-refractivity contribution in [3.63, 3.8) is 0 Å². The quantitative estimate of drug-likeness (QED) is 0.338. The predicted molar refractivity (Wildman–Crippen MR) is 135 cm³/mol. The molecule has 2 aromatic carbocycles. The maximum absolute atomic E-state index is 13.2. The van der Waals surface area contributed by atoms with Crippen molar-refractivity contribution in [1.82, 2.24) is 9.88 Å². The molecular formula is C24H31N3O3S2. The lowest BCUT2D eigenvalue weighted by Crippen LogP contribution is -2.33. The first-order valence-electron chi connectivity index (χ1n) is 10.8. The van der Waals surface area contributed by atoms with Crippen molar-refractivity contribution in [2.24, 2.45) is 0 Å². The summed E-state index contributed by atoms with van der Waals surface area (Å²) in [5.74, 6) is 2.41. The van der Waals surface area contributed by atoms with Gasteiger partial charge >= 0.3 is 0 Å². The minimum absolute atomic E-state index is 0.0989. The summed E-state index contributed by atoms with van der Waals surface area (Å²) in [5, 5.41) is 0.741. The summed E-state index contributed by atoms with van der Waals surface area (Å²) in [7, 11) is 5.75. The van der Waals surface area contributed by atoms with E-state index in [0.717, 1.165) is 44.7 Å².